The second kappa shape index (κ2) is 8.37. The Kier molecular flexibility index (Phi) is 5.51. The van der Waals surface area contributed by atoms with E-state index in [2.05, 4.69) is 44.7 Å². The van der Waals surface area contributed by atoms with E-state index in [4.69, 9.17) is 0 Å². The molecule has 1 aromatic carbocycles. The molecule has 4 rings (SSSR count). The Labute approximate surface area is 160 Å². The van der Waals surface area contributed by atoms with Gasteiger partial charge in [-0.25, -0.2) is 0 Å². The van der Waals surface area contributed by atoms with Gasteiger partial charge in [-0.2, -0.15) is 0 Å². The smallest absolute Gasteiger partial charge is 0.274 e. The van der Waals surface area contributed by atoms with Crippen molar-refractivity contribution >= 4 is 23.1 Å². The normalized spacial score (nSPS) is 17.6. The Hall–Kier alpha value is -2.63. The number of amides is 1. The van der Waals surface area contributed by atoms with Gasteiger partial charge in [-0.3, -0.25) is 4.79 Å². The molecule has 0 saturated carbocycles. The molecule has 2 aromatic rings. The highest BCUT2D eigenvalue weighted by atomic mass is 16.2. The molecule has 142 valence electrons. The molecular formula is C21H27N5O. The topological polar surface area (TPSA) is 61.4 Å². The molecule has 2 aliphatic rings. The molecule has 6 heteroatoms. The van der Waals surface area contributed by atoms with Crippen molar-refractivity contribution < 1.29 is 4.79 Å². The van der Waals surface area contributed by atoms with Crippen molar-refractivity contribution in [1.82, 2.24) is 15.1 Å². The van der Waals surface area contributed by atoms with Crippen LogP contribution in [0.2, 0.25) is 0 Å². The molecule has 3 heterocycles. The molecule has 27 heavy (non-hydrogen) atoms. The summed E-state index contributed by atoms with van der Waals surface area (Å²) < 4.78 is 0. The summed E-state index contributed by atoms with van der Waals surface area (Å²) in [5, 5.41) is 11.6. The minimum Gasteiger partial charge on any atom is -0.372 e. The number of anilines is 3. The predicted molar refractivity (Wildman–Crippen MR) is 108 cm³/mol. The Morgan fingerprint density at radius 3 is 2.07 bits per heavy atom. The number of aromatic nitrogens is 2. The van der Waals surface area contributed by atoms with E-state index in [0.717, 1.165) is 44.7 Å². The van der Waals surface area contributed by atoms with Gasteiger partial charge in [-0.05, 0) is 62.1 Å². The van der Waals surface area contributed by atoms with Crippen LogP contribution in [-0.2, 0) is 0 Å². The summed E-state index contributed by atoms with van der Waals surface area (Å²) in [6.07, 6.45) is 7.11. The Balaban J connectivity index is 1.37. The van der Waals surface area contributed by atoms with E-state index < -0.39 is 0 Å². The summed E-state index contributed by atoms with van der Waals surface area (Å²) in [6, 6.07) is 12.0. The van der Waals surface area contributed by atoms with Gasteiger partial charge in [0.05, 0.1) is 0 Å². The highest BCUT2D eigenvalue weighted by molar-refractivity contribution is 5.92. The summed E-state index contributed by atoms with van der Waals surface area (Å²) >= 11 is 0. The fourth-order valence-corrected chi connectivity index (χ4v) is 3.83. The molecule has 1 N–H and O–H groups in total. The van der Waals surface area contributed by atoms with Gasteiger partial charge in [0.15, 0.2) is 11.5 Å². The first-order valence-electron chi connectivity index (χ1n) is 10.0. The van der Waals surface area contributed by atoms with Gasteiger partial charge in [0.2, 0.25) is 0 Å². The van der Waals surface area contributed by atoms with Gasteiger partial charge < -0.3 is 15.1 Å². The van der Waals surface area contributed by atoms with E-state index in [1.807, 2.05) is 11.0 Å². The van der Waals surface area contributed by atoms with Gasteiger partial charge in [-0.1, -0.05) is 12.8 Å². The number of hydrogen-bond donors (Lipinski definition) is 1. The number of carbonyl (C=O) groups is 1. The monoisotopic (exact) mass is 365 g/mol. The summed E-state index contributed by atoms with van der Waals surface area (Å²) in [4.78, 5) is 16.9. The zero-order valence-electron chi connectivity index (χ0n) is 15.7. The number of likely N-dealkylation sites (tertiary alicyclic amines) is 1. The van der Waals surface area contributed by atoms with E-state index in [0.29, 0.717) is 11.5 Å². The van der Waals surface area contributed by atoms with Crippen LogP contribution in [0.1, 0.15) is 49.0 Å². The fraction of sp³-hybridized carbons (Fsp3) is 0.476. The zero-order chi connectivity index (χ0) is 18.5. The number of nitrogens with one attached hydrogen (secondary N) is 1. The van der Waals surface area contributed by atoms with Crippen molar-refractivity contribution in [2.45, 2.75) is 38.5 Å². The predicted octanol–water partition coefficient (Wildman–Crippen LogP) is 3.84. The van der Waals surface area contributed by atoms with E-state index >= 15 is 0 Å². The standard InChI is InChI=1S/C21H27N5O/c27-21(26-15-3-1-2-4-16-26)19-11-12-20(24-23-19)22-17-7-9-18(10-8-17)25-13-5-6-14-25/h7-12H,1-6,13-16H2,(H,22,24). The van der Waals surface area contributed by atoms with Crippen molar-refractivity contribution in [1.29, 1.82) is 0 Å². The van der Waals surface area contributed by atoms with E-state index in [1.54, 1.807) is 6.07 Å². The van der Waals surface area contributed by atoms with Gasteiger partial charge in [0.1, 0.15) is 0 Å². The number of hydrogen-bond acceptors (Lipinski definition) is 5. The second-order valence-corrected chi connectivity index (χ2v) is 7.38. The first-order valence-corrected chi connectivity index (χ1v) is 10.0. The van der Waals surface area contributed by atoms with Crippen molar-refractivity contribution in [2.75, 3.05) is 36.4 Å². The lowest BCUT2D eigenvalue weighted by atomic mass is 10.2. The van der Waals surface area contributed by atoms with Crippen LogP contribution in [0.15, 0.2) is 36.4 Å². The molecule has 1 aromatic heterocycles. The van der Waals surface area contributed by atoms with Crippen LogP contribution >= 0.6 is 0 Å². The van der Waals surface area contributed by atoms with E-state index in [-0.39, 0.29) is 5.91 Å². The zero-order valence-corrected chi connectivity index (χ0v) is 15.7. The molecule has 0 atom stereocenters. The maximum absolute atomic E-state index is 12.6. The molecule has 2 aliphatic heterocycles. The number of rotatable bonds is 4. The average Bonchev–Trinajstić information content (AvgIpc) is 3.11. The Morgan fingerprint density at radius 1 is 0.778 bits per heavy atom. The highest BCUT2D eigenvalue weighted by Gasteiger charge is 2.19. The molecule has 0 spiro atoms. The van der Waals surface area contributed by atoms with Crippen molar-refractivity contribution in [3.8, 4) is 0 Å². The first-order chi connectivity index (χ1) is 13.3. The molecular weight excluding hydrogens is 338 g/mol. The Bertz CT molecular complexity index is 745. The van der Waals surface area contributed by atoms with Crippen LogP contribution in [0.3, 0.4) is 0 Å². The van der Waals surface area contributed by atoms with Gasteiger partial charge in [0.25, 0.3) is 5.91 Å². The third-order valence-corrected chi connectivity index (χ3v) is 5.39. The molecule has 6 nitrogen and oxygen atoms in total. The van der Waals surface area contributed by atoms with Crippen molar-refractivity contribution in [3.05, 3.63) is 42.1 Å². The van der Waals surface area contributed by atoms with Gasteiger partial charge >= 0.3 is 0 Å². The Morgan fingerprint density at radius 2 is 1.44 bits per heavy atom. The van der Waals surface area contributed by atoms with Crippen LogP contribution < -0.4 is 10.2 Å². The van der Waals surface area contributed by atoms with Crippen molar-refractivity contribution in [3.63, 3.8) is 0 Å². The molecule has 1 amide bonds. The molecule has 0 unspecified atom stereocenters. The SMILES string of the molecule is O=C(c1ccc(Nc2ccc(N3CCCC3)cc2)nn1)N1CCCCCC1. The largest absolute Gasteiger partial charge is 0.372 e. The minimum absolute atomic E-state index is 0.00841. The number of benzene rings is 1. The maximum atomic E-state index is 12.6. The van der Waals surface area contributed by atoms with Crippen LogP contribution in [-0.4, -0.2) is 47.2 Å². The highest BCUT2D eigenvalue weighted by Crippen LogP contribution is 2.23. The molecule has 2 saturated heterocycles. The number of carbonyl (C=O) groups excluding carboxylic acids is 1. The third kappa shape index (κ3) is 4.38. The molecule has 0 radical (unpaired) electrons. The van der Waals surface area contributed by atoms with Crippen LogP contribution in [0.4, 0.5) is 17.2 Å². The lowest BCUT2D eigenvalue weighted by Crippen LogP contribution is -2.32. The fourth-order valence-electron chi connectivity index (χ4n) is 3.83. The van der Waals surface area contributed by atoms with Gasteiger partial charge in [0, 0.05) is 37.6 Å². The summed E-state index contributed by atoms with van der Waals surface area (Å²) in [5.41, 5.74) is 2.66. The quantitative estimate of drug-likeness (QED) is 0.892. The lowest BCUT2D eigenvalue weighted by Gasteiger charge is -2.19. The molecule has 0 bridgehead atoms. The maximum Gasteiger partial charge on any atom is 0.274 e. The van der Waals surface area contributed by atoms with Gasteiger partial charge in [-0.15, -0.1) is 10.2 Å². The summed E-state index contributed by atoms with van der Waals surface area (Å²) in [7, 11) is 0. The minimum atomic E-state index is -0.00841. The summed E-state index contributed by atoms with van der Waals surface area (Å²) in [6.45, 7) is 3.93. The second-order valence-electron chi connectivity index (χ2n) is 7.38. The molecule has 0 aliphatic carbocycles. The molecule has 2 fully saturated rings. The van der Waals surface area contributed by atoms with E-state index in [9.17, 15) is 4.79 Å². The lowest BCUT2D eigenvalue weighted by molar-refractivity contribution is 0.0754. The third-order valence-electron chi connectivity index (χ3n) is 5.39. The number of nitrogens with zero attached hydrogens (tertiary/aromatic N) is 4. The van der Waals surface area contributed by atoms with E-state index in [1.165, 1.54) is 31.4 Å². The van der Waals surface area contributed by atoms with Crippen LogP contribution in [0, 0.1) is 0 Å². The van der Waals surface area contributed by atoms with Crippen molar-refractivity contribution in [2.24, 2.45) is 0 Å². The first kappa shape index (κ1) is 17.8. The average molecular weight is 365 g/mol. The summed E-state index contributed by atoms with van der Waals surface area (Å²) in [5.74, 6) is 0.641. The van der Waals surface area contributed by atoms with Crippen LogP contribution in [0.5, 0.6) is 0 Å². The van der Waals surface area contributed by atoms with Crippen LogP contribution in [0.25, 0.3) is 0 Å².